The number of benzene rings is 1. The molecule has 0 aliphatic rings. The lowest BCUT2D eigenvalue weighted by atomic mass is 10.3. The summed E-state index contributed by atoms with van der Waals surface area (Å²) >= 11 is 0. The number of para-hydroxylation sites is 1. The maximum Gasteiger partial charge on any atom is 0.363 e. The number of hydrogen-bond donors (Lipinski definition) is 2. The number of amides is 3. The van der Waals surface area contributed by atoms with E-state index in [9.17, 15) is 14.4 Å². The van der Waals surface area contributed by atoms with Gasteiger partial charge in [0.2, 0.25) is 5.69 Å². The molecule has 2 N–H and O–H groups in total. The average Bonchev–Trinajstić information content (AvgIpc) is 3.11. The molecule has 1 aromatic carbocycles. The van der Waals surface area contributed by atoms with Crippen molar-refractivity contribution in [3.8, 4) is 11.4 Å². The van der Waals surface area contributed by atoms with Crippen LogP contribution in [0, 0.1) is 0 Å². The molecule has 0 fully saturated rings. The summed E-state index contributed by atoms with van der Waals surface area (Å²) in [5.74, 6) is -1.37. The standard InChI is InChI=1S/C18H22N4O5/c1-4-12(2)19-18(25)20-15(23)11-27-17(24)16-14(26-3)10-22(21-16)13-8-6-5-7-9-13/h5-10,12H,4,11H2,1-3H3,(H2,19,20,23,25)/t12-/m1/s1. The third kappa shape index (κ3) is 5.56. The van der Waals surface area contributed by atoms with Crippen LogP contribution >= 0.6 is 0 Å². The normalized spacial score (nSPS) is 11.4. The third-order valence-electron chi connectivity index (χ3n) is 3.69. The number of nitrogens with one attached hydrogen (secondary N) is 2. The Hall–Kier alpha value is -3.36. The minimum atomic E-state index is -0.834. The van der Waals surface area contributed by atoms with E-state index in [1.165, 1.54) is 18.0 Å². The quantitative estimate of drug-likeness (QED) is 0.713. The molecule has 1 aromatic heterocycles. The molecule has 9 nitrogen and oxygen atoms in total. The number of nitrogens with zero attached hydrogens (tertiary/aromatic N) is 2. The second-order valence-corrected chi connectivity index (χ2v) is 5.73. The Morgan fingerprint density at radius 2 is 1.93 bits per heavy atom. The minimum Gasteiger partial charge on any atom is -0.493 e. The Morgan fingerprint density at radius 3 is 2.56 bits per heavy atom. The fraction of sp³-hybridized carbons (Fsp3) is 0.333. The highest BCUT2D eigenvalue weighted by Gasteiger charge is 2.21. The second kappa shape index (κ2) is 9.37. The van der Waals surface area contributed by atoms with Gasteiger partial charge in [-0.25, -0.2) is 14.3 Å². The molecular weight excluding hydrogens is 352 g/mol. The Kier molecular flexibility index (Phi) is 6.93. The molecule has 0 radical (unpaired) electrons. The fourth-order valence-electron chi connectivity index (χ4n) is 2.09. The van der Waals surface area contributed by atoms with Gasteiger partial charge in [-0.2, -0.15) is 5.10 Å². The van der Waals surface area contributed by atoms with Gasteiger partial charge in [0.15, 0.2) is 12.4 Å². The lowest BCUT2D eigenvalue weighted by Crippen LogP contribution is -2.44. The highest BCUT2D eigenvalue weighted by atomic mass is 16.5. The molecule has 3 amide bonds. The van der Waals surface area contributed by atoms with Crippen LogP contribution in [0.3, 0.4) is 0 Å². The van der Waals surface area contributed by atoms with Gasteiger partial charge in [-0.15, -0.1) is 0 Å². The monoisotopic (exact) mass is 374 g/mol. The van der Waals surface area contributed by atoms with E-state index >= 15 is 0 Å². The van der Waals surface area contributed by atoms with E-state index in [0.717, 1.165) is 12.1 Å². The number of methoxy groups -OCH3 is 1. The van der Waals surface area contributed by atoms with Crippen molar-refractivity contribution >= 4 is 17.9 Å². The zero-order valence-electron chi connectivity index (χ0n) is 15.4. The van der Waals surface area contributed by atoms with Crippen LogP contribution < -0.4 is 15.4 Å². The van der Waals surface area contributed by atoms with Gasteiger partial charge in [0.05, 0.1) is 19.0 Å². The Labute approximate surface area is 156 Å². The largest absolute Gasteiger partial charge is 0.493 e. The van der Waals surface area contributed by atoms with E-state index in [1.54, 1.807) is 6.92 Å². The molecule has 27 heavy (non-hydrogen) atoms. The van der Waals surface area contributed by atoms with E-state index in [0.29, 0.717) is 0 Å². The first kappa shape index (κ1) is 20.0. The number of hydrogen-bond acceptors (Lipinski definition) is 6. The molecular formula is C18H22N4O5. The topological polar surface area (TPSA) is 112 Å². The lowest BCUT2D eigenvalue weighted by Gasteiger charge is -2.11. The van der Waals surface area contributed by atoms with Crippen molar-refractivity contribution < 1.29 is 23.9 Å². The van der Waals surface area contributed by atoms with Crippen molar-refractivity contribution in [2.45, 2.75) is 26.3 Å². The van der Waals surface area contributed by atoms with Crippen molar-refractivity contribution in [3.63, 3.8) is 0 Å². The highest BCUT2D eigenvalue weighted by Crippen LogP contribution is 2.20. The first-order valence-electron chi connectivity index (χ1n) is 8.41. The Bertz CT molecular complexity index is 803. The predicted molar refractivity (Wildman–Crippen MR) is 96.8 cm³/mol. The molecule has 0 aliphatic carbocycles. The summed E-state index contributed by atoms with van der Waals surface area (Å²) in [6.45, 7) is 3.09. The van der Waals surface area contributed by atoms with Gasteiger partial charge >= 0.3 is 12.0 Å². The lowest BCUT2D eigenvalue weighted by molar-refractivity contribution is -0.123. The van der Waals surface area contributed by atoms with Crippen LogP contribution in [-0.4, -0.2) is 47.4 Å². The van der Waals surface area contributed by atoms with Crippen molar-refractivity contribution in [1.82, 2.24) is 20.4 Å². The molecule has 0 saturated heterocycles. The third-order valence-corrected chi connectivity index (χ3v) is 3.69. The molecule has 1 atom stereocenters. The van der Waals surface area contributed by atoms with Gasteiger partial charge < -0.3 is 14.8 Å². The fourth-order valence-corrected chi connectivity index (χ4v) is 2.09. The number of ether oxygens (including phenoxy) is 2. The van der Waals surface area contributed by atoms with Gasteiger partial charge in [0.25, 0.3) is 5.91 Å². The summed E-state index contributed by atoms with van der Waals surface area (Å²) < 4.78 is 11.5. The van der Waals surface area contributed by atoms with Crippen molar-refractivity contribution in [2.24, 2.45) is 0 Å². The molecule has 0 unspecified atom stereocenters. The maximum atomic E-state index is 12.2. The van der Waals surface area contributed by atoms with E-state index in [1.807, 2.05) is 37.3 Å². The summed E-state index contributed by atoms with van der Waals surface area (Å²) in [5, 5.41) is 8.81. The first-order chi connectivity index (χ1) is 12.9. The summed E-state index contributed by atoms with van der Waals surface area (Å²) in [6.07, 6.45) is 2.26. The summed E-state index contributed by atoms with van der Waals surface area (Å²) in [7, 11) is 1.40. The summed E-state index contributed by atoms with van der Waals surface area (Å²) in [4.78, 5) is 35.5. The van der Waals surface area contributed by atoms with Gasteiger partial charge in [0, 0.05) is 6.04 Å². The van der Waals surface area contributed by atoms with Gasteiger partial charge in [0.1, 0.15) is 0 Å². The molecule has 0 aliphatic heterocycles. The van der Waals surface area contributed by atoms with Crippen molar-refractivity contribution in [2.75, 3.05) is 13.7 Å². The number of imide groups is 1. The van der Waals surface area contributed by atoms with Crippen LogP contribution in [0.1, 0.15) is 30.8 Å². The number of carbonyl (C=O) groups is 3. The van der Waals surface area contributed by atoms with E-state index in [2.05, 4.69) is 15.7 Å². The second-order valence-electron chi connectivity index (χ2n) is 5.73. The smallest absolute Gasteiger partial charge is 0.363 e. The van der Waals surface area contributed by atoms with Crippen molar-refractivity contribution in [3.05, 3.63) is 42.2 Å². The van der Waals surface area contributed by atoms with E-state index in [-0.39, 0.29) is 17.5 Å². The highest BCUT2D eigenvalue weighted by molar-refractivity contribution is 5.97. The van der Waals surface area contributed by atoms with Crippen LogP contribution in [0.4, 0.5) is 4.79 Å². The molecule has 2 rings (SSSR count). The van der Waals surface area contributed by atoms with Crippen LogP contribution in [0.5, 0.6) is 5.75 Å². The van der Waals surface area contributed by atoms with E-state index in [4.69, 9.17) is 9.47 Å². The molecule has 2 aromatic rings. The number of carbonyl (C=O) groups excluding carboxylic acids is 3. The van der Waals surface area contributed by atoms with Crippen LogP contribution in [-0.2, 0) is 9.53 Å². The summed E-state index contributed by atoms with van der Waals surface area (Å²) in [5.41, 5.74) is 0.660. The first-order valence-corrected chi connectivity index (χ1v) is 8.41. The van der Waals surface area contributed by atoms with Crippen LogP contribution in [0.2, 0.25) is 0 Å². The average molecular weight is 374 g/mol. The van der Waals surface area contributed by atoms with Gasteiger partial charge in [-0.3, -0.25) is 10.1 Å². The zero-order chi connectivity index (χ0) is 19.8. The molecule has 0 saturated carbocycles. The molecule has 144 valence electrons. The van der Waals surface area contributed by atoms with Crippen molar-refractivity contribution in [1.29, 1.82) is 0 Å². The molecule has 0 spiro atoms. The van der Waals surface area contributed by atoms with E-state index < -0.39 is 24.5 Å². The maximum absolute atomic E-state index is 12.2. The van der Waals surface area contributed by atoms with Crippen LogP contribution in [0.15, 0.2) is 36.5 Å². The van der Waals surface area contributed by atoms with Crippen LogP contribution in [0.25, 0.3) is 5.69 Å². The molecule has 9 heteroatoms. The number of rotatable bonds is 7. The van der Waals surface area contributed by atoms with Gasteiger partial charge in [-0.1, -0.05) is 25.1 Å². The number of aromatic nitrogens is 2. The summed E-state index contributed by atoms with van der Waals surface area (Å²) in [6, 6.07) is 8.42. The number of esters is 1. The van der Waals surface area contributed by atoms with Gasteiger partial charge in [-0.05, 0) is 25.5 Å². The Morgan fingerprint density at radius 1 is 1.22 bits per heavy atom. The molecule has 1 heterocycles. The predicted octanol–water partition coefficient (Wildman–Crippen LogP) is 1.66. The molecule has 0 bridgehead atoms. The SMILES string of the molecule is CC[C@@H](C)NC(=O)NC(=O)COC(=O)c1nn(-c2ccccc2)cc1OC. The Balaban J connectivity index is 1.96. The number of urea groups is 1. The zero-order valence-corrected chi connectivity index (χ0v) is 15.4. The minimum absolute atomic E-state index is 0.0711.